The molecule has 0 bridgehead atoms. The second-order valence-electron chi connectivity index (χ2n) is 3.69. The van der Waals surface area contributed by atoms with E-state index in [1.54, 1.807) is 0 Å². The quantitative estimate of drug-likeness (QED) is 0.693. The molecule has 1 heterocycles. The molecule has 1 unspecified atom stereocenters. The van der Waals surface area contributed by atoms with Crippen molar-refractivity contribution in [1.82, 2.24) is 4.90 Å². The summed E-state index contributed by atoms with van der Waals surface area (Å²) in [6.45, 7) is 5.11. The summed E-state index contributed by atoms with van der Waals surface area (Å²) in [4.78, 5) is 12.5. The number of carboxylic acid groups (broad SMARTS) is 1. The number of likely N-dealkylation sites (tertiary alicyclic amines) is 1. The van der Waals surface area contributed by atoms with E-state index in [-0.39, 0.29) is 6.42 Å². The largest absolute Gasteiger partial charge is 0.481 e. The molecule has 0 aliphatic carbocycles. The minimum absolute atomic E-state index is 0.284. The zero-order valence-electron chi connectivity index (χ0n) is 7.62. The summed E-state index contributed by atoms with van der Waals surface area (Å²) in [7, 11) is 0. The minimum atomic E-state index is -0.687. The molecular weight excluding hydrogens is 154 g/mol. The number of hydrogen-bond donors (Lipinski definition) is 1. The van der Waals surface area contributed by atoms with Crippen molar-refractivity contribution in [2.75, 3.05) is 19.6 Å². The molecule has 70 valence electrons. The number of aliphatic carboxylic acids is 1. The third kappa shape index (κ3) is 3.22. The van der Waals surface area contributed by atoms with Crippen molar-refractivity contribution < 1.29 is 9.90 Å². The SMILES string of the molecule is CC1CCCN(CCC(=O)O)C1. The molecule has 0 aromatic heterocycles. The van der Waals surface area contributed by atoms with Crippen LogP contribution >= 0.6 is 0 Å². The summed E-state index contributed by atoms with van der Waals surface area (Å²) in [5, 5.41) is 8.48. The van der Waals surface area contributed by atoms with E-state index < -0.39 is 5.97 Å². The molecule has 1 aliphatic heterocycles. The van der Waals surface area contributed by atoms with Gasteiger partial charge in [0.15, 0.2) is 0 Å². The summed E-state index contributed by atoms with van der Waals surface area (Å²) in [5.41, 5.74) is 0. The monoisotopic (exact) mass is 171 g/mol. The Morgan fingerprint density at radius 1 is 1.67 bits per heavy atom. The van der Waals surface area contributed by atoms with Crippen LogP contribution in [0, 0.1) is 5.92 Å². The first kappa shape index (κ1) is 9.52. The summed E-state index contributed by atoms with van der Waals surface area (Å²) >= 11 is 0. The van der Waals surface area contributed by atoms with E-state index in [9.17, 15) is 4.79 Å². The van der Waals surface area contributed by atoms with Gasteiger partial charge in [-0.2, -0.15) is 0 Å². The number of rotatable bonds is 3. The van der Waals surface area contributed by atoms with Gasteiger partial charge in [-0.3, -0.25) is 4.79 Å². The highest BCUT2D eigenvalue weighted by Crippen LogP contribution is 2.15. The molecule has 1 fully saturated rings. The van der Waals surface area contributed by atoms with Crippen LogP contribution in [0.4, 0.5) is 0 Å². The Hall–Kier alpha value is -0.570. The lowest BCUT2D eigenvalue weighted by Crippen LogP contribution is -2.35. The Morgan fingerprint density at radius 2 is 2.42 bits per heavy atom. The number of carbonyl (C=O) groups is 1. The van der Waals surface area contributed by atoms with Gasteiger partial charge in [0.2, 0.25) is 0 Å². The fourth-order valence-electron chi connectivity index (χ4n) is 1.74. The first-order valence-electron chi connectivity index (χ1n) is 4.62. The van der Waals surface area contributed by atoms with Crippen LogP contribution in [0.25, 0.3) is 0 Å². The molecular formula is C9H17NO2. The molecule has 12 heavy (non-hydrogen) atoms. The smallest absolute Gasteiger partial charge is 0.304 e. The summed E-state index contributed by atoms with van der Waals surface area (Å²) in [5.74, 6) is 0.0563. The number of piperidine rings is 1. The van der Waals surface area contributed by atoms with E-state index in [2.05, 4.69) is 11.8 Å². The molecule has 0 amide bonds. The highest BCUT2D eigenvalue weighted by molar-refractivity contribution is 5.66. The average molecular weight is 171 g/mol. The topological polar surface area (TPSA) is 40.5 Å². The van der Waals surface area contributed by atoms with E-state index in [0.29, 0.717) is 0 Å². The van der Waals surface area contributed by atoms with Gasteiger partial charge < -0.3 is 10.0 Å². The van der Waals surface area contributed by atoms with Crippen LogP contribution in [-0.2, 0) is 4.79 Å². The molecule has 0 radical (unpaired) electrons. The number of nitrogens with zero attached hydrogens (tertiary/aromatic N) is 1. The summed E-state index contributed by atoms with van der Waals surface area (Å²) < 4.78 is 0. The maximum atomic E-state index is 10.3. The molecule has 0 spiro atoms. The molecule has 1 atom stereocenters. The van der Waals surface area contributed by atoms with Gasteiger partial charge in [-0.1, -0.05) is 6.92 Å². The molecule has 1 rings (SSSR count). The summed E-state index contributed by atoms with van der Waals surface area (Å²) in [6, 6.07) is 0. The third-order valence-corrected chi connectivity index (χ3v) is 2.38. The van der Waals surface area contributed by atoms with Crippen LogP contribution in [0.1, 0.15) is 26.2 Å². The lowest BCUT2D eigenvalue weighted by atomic mass is 10.0. The van der Waals surface area contributed by atoms with Crippen molar-refractivity contribution in [3.05, 3.63) is 0 Å². The molecule has 1 N–H and O–H groups in total. The fraction of sp³-hybridized carbons (Fsp3) is 0.889. The molecule has 3 heteroatoms. The second-order valence-corrected chi connectivity index (χ2v) is 3.69. The Morgan fingerprint density at radius 3 is 3.00 bits per heavy atom. The van der Waals surface area contributed by atoms with Crippen LogP contribution in [0.15, 0.2) is 0 Å². The third-order valence-electron chi connectivity index (χ3n) is 2.38. The average Bonchev–Trinajstić information content (AvgIpc) is 2.01. The molecule has 0 aromatic carbocycles. The van der Waals surface area contributed by atoms with E-state index in [1.165, 1.54) is 12.8 Å². The Bertz CT molecular complexity index is 159. The molecule has 1 saturated heterocycles. The molecule has 0 saturated carbocycles. The maximum absolute atomic E-state index is 10.3. The van der Waals surface area contributed by atoms with Crippen molar-refractivity contribution >= 4 is 5.97 Å². The Kier molecular flexibility index (Phi) is 3.53. The Balaban J connectivity index is 2.18. The minimum Gasteiger partial charge on any atom is -0.481 e. The number of hydrogen-bond acceptors (Lipinski definition) is 2. The zero-order chi connectivity index (χ0) is 8.97. The predicted molar refractivity (Wildman–Crippen MR) is 47.1 cm³/mol. The van der Waals surface area contributed by atoms with E-state index in [4.69, 9.17) is 5.11 Å². The van der Waals surface area contributed by atoms with Crippen LogP contribution in [0.3, 0.4) is 0 Å². The zero-order valence-corrected chi connectivity index (χ0v) is 7.62. The lowest BCUT2D eigenvalue weighted by molar-refractivity contribution is -0.137. The van der Waals surface area contributed by atoms with Gasteiger partial charge in [0.1, 0.15) is 0 Å². The van der Waals surface area contributed by atoms with Crippen LogP contribution in [0.5, 0.6) is 0 Å². The van der Waals surface area contributed by atoms with Crippen molar-refractivity contribution in [1.29, 1.82) is 0 Å². The highest BCUT2D eigenvalue weighted by Gasteiger charge is 2.16. The summed E-state index contributed by atoms with van der Waals surface area (Å²) in [6.07, 6.45) is 2.80. The van der Waals surface area contributed by atoms with Crippen LogP contribution in [-0.4, -0.2) is 35.6 Å². The molecule has 0 aromatic rings. The first-order chi connectivity index (χ1) is 5.68. The van der Waals surface area contributed by atoms with Gasteiger partial charge in [0, 0.05) is 13.1 Å². The lowest BCUT2D eigenvalue weighted by Gasteiger charge is -2.30. The van der Waals surface area contributed by atoms with Gasteiger partial charge in [0.25, 0.3) is 0 Å². The number of carboxylic acids is 1. The van der Waals surface area contributed by atoms with Crippen LogP contribution < -0.4 is 0 Å². The molecule has 1 aliphatic rings. The van der Waals surface area contributed by atoms with Gasteiger partial charge in [-0.05, 0) is 25.3 Å². The van der Waals surface area contributed by atoms with Crippen molar-refractivity contribution in [3.63, 3.8) is 0 Å². The maximum Gasteiger partial charge on any atom is 0.304 e. The van der Waals surface area contributed by atoms with Crippen LogP contribution in [0.2, 0.25) is 0 Å². The highest BCUT2D eigenvalue weighted by atomic mass is 16.4. The van der Waals surface area contributed by atoms with E-state index >= 15 is 0 Å². The standard InChI is InChI=1S/C9H17NO2/c1-8-3-2-5-10(7-8)6-4-9(11)12/h8H,2-7H2,1H3,(H,11,12). The van der Waals surface area contributed by atoms with Gasteiger partial charge in [0.05, 0.1) is 6.42 Å². The fourth-order valence-corrected chi connectivity index (χ4v) is 1.74. The van der Waals surface area contributed by atoms with E-state index in [1.807, 2.05) is 0 Å². The second kappa shape index (κ2) is 4.45. The van der Waals surface area contributed by atoms with Crippen molar-refractivity contribution in [2.24, 2.45) is 5.92 Å². The Labute approximate surface area is 73.4 Å². The van der Waals surface area contributed by atoms with Crippen molar-refractivity contribution in [3.8, 4) is 0 Å². The molecule has 3 nitrogen and oxygen atoms in total. The normalized spacial score (nSPS) is 25.6. The van der Waals surface area contributed by atoms with Gasteiger partial charge in [-0.25, -0.2) is 0 Å². The van der Waals surface area contributed by atoms with Crippen molar-refractivity contribution in [2.45, 2.75) is 26.2 Å². The van der Waals surface area contributed by atoms with Gasteiger partial charge >= 0.3 is 5.97 Å². The van der Waals surface area contributed by atoms with Gasteiger partial charge in [-0.15, -0.1) is 0 Å². The predicted octanol–water partition coefficient (Wildman–Crippen LogP) is 1.19. The first-order valence-corrected chi connectivity index (χ1v) is 4.62. The van der Waals surface area contributed by atoms with E-state index in [0.717, 1.165) is 25.6 Å².